The lowest BCUT2D eigenvalue weighted by Crippen LogP contribution is -2.46. The lowest BCUT2D eigenvalue weighted by Gasteiger charge is -2.34. The van der Waals surface area contributed by atoms with Gasteiger partial charge >= 0.3 is 0 Å². The summed E-state index contributed by atoms with van der Waals surface area (Å²) in [5.41, 5.74) is 2.26. The van der Waals surface area contributed by atoms with E-state index in [9.17, 15) is 0 Å². The van der Waals surface area contributed by atoms with Crippen LogP contribution in [0.1, 0.15) is 24.1 Å². The topological polar surface area (TPSA) is 24.3 Å². The third kappa shape index (κ3) is 3.12. The Balaban J connectivity index is 1.53. The van der Waals surface area contributed by atoms with E-state index in [2.05, 4.69) is 14.9 Å². The van der Waals surface area contributed by atoms with Crippen LogP contribution < -0.4 is 0 Å². The molecule has 0 amide bonds. The standard InChI is InChI=1S/C14H23ClN4/c1-11-13(14(15)17(2)16-11)10-19-7-5-18(6-8-19)9-12-3-4-12/h12H,3-10H2,1-2H3. The third-order valence-corrected chi connectivity index (χ3v) is 4.80. The van der Waals surface area contributed by atoms with Crippen molar-refractivity contribution < 1.29 is 0 Å². The Morgan fingerprint density at radius 1 is 1.16 bits per heavy atom. The van der Waals surface area contributed by atoms with E-state index in [0.717, 1.165) is 36.4 Å². The quantitative estimate of drug-likeness (QED) is 0.843. The SMILES string of the molecule is Cc1nn(C)c(Cl)c1CN1CCN(CC2CC2)CC1. The molecule has 0 radical (unpaired) electrons. The number of halogens is 1. The number of aryl methyl sites for hydroxylation is 2. The van der Waals surface area contributed by atoms with E-state index in [1.807, 2.05) is 14.0 Å². The number of piperazine rings is 1. The number of nitrogens with zero attached hydrogens (tertiary/aromatic N) is 4. The van der Waals surface area contributed by atoms with Gasteiger partial charge in [0.1, 0.15) is 5.15 Å². The number of aromatic nitrogens is 2. The van der Waals surface area contributed by atoms with Crippen molar-refractivity contribution in [2.75, 3.05) is 32.7 Å². The Kier molecular flexibility index (Phi) is 3.83. The molecule has 3 rings (SSSR count). The van der Waals surface area contributed by atoms with Gasteiger partial charge in [0, 0.05) is 51.9 Å². The Labute approximate surface area is 120 Å². The molecule has 1 aliphatic carbocycles. The van der Waals surface area contributed by atoms with Crippen LogP contribution >= 0.6 is 11.6 Å². The molecule has 5 heteroatoms. The van der Waals surface area contributed by atoms with Crippen LogP contribution in [0, 0.1) is 12.8 Å². The summed E-state index contributed by atoms with van der Waals surface area (Å²) in [6.45, 7) is 9.01. The van der Waals surface area contributed by atoms with Crippen molar-refractivity contribution in [1.82, 2.24) is 19.6 Å². The highest BCUT2D eigenvalue weighted by Gasteiger charge is 2.26. The lowest BCUT2D eigenvalue weighted by molar-refractivity contribution is 0.123. The summed E-state index contributed by atoms with van der Waals surface area (Å²) < 4.78 is 1.77. The second-order valence-corrected chi connectivity index (χ2v) is 6.36. The van der Waals surface area contributed by atoms with Gasteiger partial charge in [-0.25, -0.2) is 0 Å². The third-order valence-electron chi connectivity index (χ3n) is 4.33. The van der Waals surface area contributed by atoms with Crippen molar-refractivity contribution in [3.05, 3.63) is 16.4 Å². The van der Waals surface area contributed by atoms with Gasteiger partial charge in [-0.1, -0.05) is 11.6 Å². The molecule has 106 valence electrons. The predicted octanol–water partition coefficient (Wildman–Crippen LogP) is 1.91. The molecule has 0 N–H and O–H groups in total. The molecule has 0 unspecified atom stereocenters. The van der Waals surface area contributed by atoms with Crippen molar-refractivity contribution in [3.8, 4) is 0 Å². The summed E-state index contributed by atoms with van der Waals surface area (Å²) >= 11 is 6.30. The van der Waals surface area contributed by atoms with E-state index in [0.29, 0.717) is 0 Å². The number of hydrogen-bond acceptors (Lipinski definition) is 3. The molecule has 1 saturated carbocycles. The molecule has 19 heavy (non-hydrogen) atoms. The molecule has 2 heterocycles. The minimum atomic E-state index is 0.790. The first-order valence-corrected chi connectivity index (χ1v) is 7.64. The summed E-state index contributed by atoms with van der Waals surface area (Å²) in [7, 11) is 1.91. The van der Waals surface area contributed by atoms with Gasteiger partial charge in [0.15, 0.2) is 0 Å². The Morgan fingerprint density at radius 3 is 2.32 bits per heavy atom. The fourth-order valence-electron chi connectivity index (χ4n) is 2.87. The van der Waals surface area contributed by atoms with Crippen LogP contribution in [0.2, 0.25) is 5.15 Å². The van der Waals surface area contributed by atoms with Gasteiger partial charge in [-0.3, -0.25) is 9.58 Å². The van der Waals surface area contributed by atoms with Crippen LogP contribution in [0.25, 0.3) is 0 Å². The van der Waals surface area contributed by atoms with E-state index < -0.39 is 0 Å². The summed E-state index contributed by atoms with van der Waals surface area (Å²) in [6, 6.07) is 0. The maximum Gasteiger partial charge on any atom is 0.131 e. The normalized spacial score (nSPS) is 22.1. The first-order valence-electron chi connectivity index (χ1n) is 7.26. The molecule has 1 saturated heterocycles. The molecular weight excluding hydrogens is 260 g/mol. The highest BCUT2D eigenvalue weighted by Crippen LogP contribution is 2.30. The summed E-state index contributed by atoms with van der Waals surface area (Å²) in [4.78, 5) is 5.12. The molecule has 2 aliphatic rings. The van der Waals surface area contributed by atoms with Crippen molar-refractivity contribution in [2.24, 2.45) is 13.0 Å². The zero-order valence-electron chi connectivity index (χ0n) is 11.9. The van der Waals surface area contributed by atoms with E-state index in [4.69, 9.17) is 11.6 Å². The smallest absolute Gasteiger partial charge is 0.131 e. The van der Waals surface area contributed by atoms with Crippen LogP contribution in [0.3, 0.4) is 0 Å². The number of rotatable bonds is 4. The van der Waals surface area contributed by atoms with Crippen molar-refractivity contribution in [1.29, 1.82) is 0 Å². The zero-order valence-corrected chi connectivity index (χ0v) is 12.7. The molecule has 0 aromatic carbocycles. The summed E-state index contributed by atoms with van der Waals surface area (Å²) in [5.74, 6) is 1.00. The molecule has 0 atom stereocenters. The predicted molar refractivity (Wildman–Crippen MR) is 77.4 cm³/mol. The molecule has 2 fully saturated rings. The minimum Gasteiger partial charge on any atom is -0.301 e. The van der Waals surface area contributed by atoms with Gasteiger partial charge in [0.05, 0.1) is 5.69 Å². The average Bonchev–Trinajstić information content (AvgIpc) is 3.16. The molecule has 0 bridgehead atoms. The van der Waals surface area contributed by atoms with E-state index >= 15 is 0 Å². The van der Waals surface area contributed by atoms with Gasteiger partial charge in [-0.15, -0.1) is 0 Å². The molecule has 1 aromatic heterocycles. The Bertz CT molecular complexity index is 445. The van der Waals surface area contributed by atoms with Crippen molar-refractivity contribution in [2.45, 2.75) is 26.3 Å². The molecule has 1 aliphatic heterocycles. The van der Waals surface area contributed by atoms with Crippen LogP contribution in [-0.2, 0) is 13.6 Å². The van der Waals surface area contributed by atoms with E-state index in [1.165, 1.54) is 38.0 Å². The maximum absolute atomic E-state index is 6.30. The van der Waals surface area contributed by atoms with Crippen LogP contribution in [0.15, 0.2) is 0 Å². The lowest BCUT2D eigenvalue weighted by atomic mass is 10.2. The van der Waals surface area contributed by atoms with Gasteiger partial charge in [0.25, 0.3) is 0 Å². The average molecular weight is 283 g/mol. The van der Waals surface area contributed by atoms with Crippen LogP contribution in [0.4, 0.5) is 0 Å². The first kappa shape index (κ1) is 13.4. The maximum atomic E-state index is 6.30. The van der Waals surface area contributed by atoms with Crippen LogP contribution in [0.5, 0.6) is 0 Å². The fraction of sp³-hybridized carbons (Fsp3) is 0.786. The molecular formula is C14H23ClN4. The van der Waals surface area contributed by atoms with Crippen molar-refractivity contribution in [3.63, 3.8) is 0 Å². The number of hydrogen-bond donors (Lipinski definition) is 0. The Morgan fingerprint density at radius 2 is 1.79 bits per heavy atom. The van der Waals surface area contributed by atoms with Crippen molar-refractivity contribution >= 4 is 11.6 Å². The first-order chi connectivity index (χ1) is 9.13. The van der Waals surface area contributed by atoms with E-state index in [1.54, 1.807) is 4.68 Å². The van der Waals surface area contributed by atoms with Gasteiger partial charge in [-0.05, 0) is 25.7 Å². The molecule has 1 aromatic rings. The fourth-order valence-corrected chi connectivity index (χ4v) is 3.11. The minimum absolute atomic E-state index is 0.790. The van der Waals surface area contributed by atoms with Gasteiger partial charge < -0.3 is 4.90 Å². The highest BCUT2D eigenvalue weighted by molar-refractivity contribution is 6.30. The molecule has 4 nitrogen and oxygen atoms in total. The van der Waals surface area contributed by atoms with Crippen LogP contribution in [-0.4, -0.2) is 52.3 Å². The highest BCUT2D eigenvalue weighted by atomic mass is 35.5. The largest absolute Gasteiger partial charge is 0.301 e. The zero-order chi connectivity index (χ0) is 13.4. The summed E-state index contributed by atoms with van der Waals surface area (Å²) in [6.07, 6.45) is 2.90. The van der Waals surface area contributed by atoms with E-state index in [-0.39, 0.29) is 0 Å². The second-order valence-electron chi connectivity index (χ2n) is 6.00. The van der Waals surface area contributed by atoms with Gasteiger partial charge in [0.2, 0.25) is 0 Å². The Hall–Kier alpha value is -0.580. The monoisotopic (exact) mass is 282 g/mol. The molecule has 0 spiro atoms. The summed E-state index contributed by atoms with van der Waals surface area (Å²) in [5, 5.41) is 5.18. The van der Waals surface area contributed by atoms with Gasteiger partial charge in [-0.2, -0.15) is 5.10 Å². The second kappa shape index (κ2) is 5.43.